The van der Waals surface area contributed by atoms with Gasteiger partial charge in [-0.2, -0.15) is 0 Å². The molecule has 6 nitrogen and oxygen atoms in total. The standard InChI is InChI=1S/C21H16N2O4S2/c1-10-6-2-4-8-12(10)22-18(24)16-15-14(17-19(28-16)23-21(26)29-17)11-7-3-5-9-13(11)27-20(15)25/h2-9,14-16H,1H3,(H,22,24)(H,23,26)/t14-,15+,16-/m1/s1. The van der Waals surface area contributed by atoms with Crippen LogP contribution in [0.5, 0.6) is 5.75 Å². The second-order valence-corrected chi connectivity index (χ2v) is 9.18. The van der Waals surface area contributed by atoms with Gasteiger partial charge in [0.2, 0.25) is 5.91 Å². The van der Waals surface area contributed by atoms with E-state index in [4.69, 9.17) is 4.74 Å². The number of thiazole rings is 1. The monoisotopic (exact) mass is 424 g/mol. The van der Waals surface area contributed by atoms with Crippen molar-refractivity contribution in [2.45, 2.75) is 23.1 Å². The number of hydrogen-bond donors (Lipinski definition) is 2. The van der Waals surface area contributed by atoms with E-state index in [9.17, 15) is 14.4 Å². The Morgan fingerprint density at radius 2 is 1.86 bits per heavy atom. The number of aromatic nitrogens is 1. The van der Waals surface area contributed by atoms with Gasteiger partial charge in [-0.1, -0.05) is 59.5 Å². The maximum absolute atomic E-state index is 13.2. The minimum atomic E-state index is -0.724. The summed E-state index contributed by atoms with van der Waals surface area (Å²) in [4.78, 5) is 41.7. The van der Waals surface area contributed by atoms with Crippen LogP contribution >= 0.6 is 23.1 Å². The first-order chi connectivity index (χ1) is 14.0. The third-order valence-corrected chi connectivity index (χ3v) is 7.67. The fourth-order valence-electron chi connectivity index (χ4n) is 3.89. The number of carbonyl (C=O) groups excluding carboxylic acids is 2. The smallest absolute Gasteiger partial charge is 0.317 e. The number of anilines is 1. The Hall–Kier alpha value is -2.84. The average Bonchev–Trinajstić information content (AvgIpc) is 3.09. The van der Waals surface area contributed by atoms with Gasteiger partial charge in [-0.05, 0) is 24.6 Å². The van der Waals surface area contributed by atoms with Gasteiger partial charge in [0.15, 0.2) is 0 Å². The van der Waals surface area contributed by atoms with Crippen molar-refractivity contribution in [1.29, 1.82) is 0 Å². The number of aromatic amines is 1. The van der Waals surface area contributed by atoms with E-state index in [0.29, 0.717) is 16.5 Å². The van der Waals surface area contributed by atoms with E-state index in [-0.39, 0.29) is 16.7 Å². The second kappa shape index (κ2) is 6.89. The first kappa shape index (κ1) is 18.2. The molecular weight excluding hydrogens is 408 g/mol. The summed E-state index contributed by atoms with van der Waals surface area (Å²) in [7, 11) is 0. The van der Waals surface area contributed by atoms with Crippen molar-refractivity contribution >= 4 is 40.7 Å². The second-order valence-electron chi connectivity index (χ2n) is 7.01. The molecular formula is C21H16N2O4S2. The molecule has 3 heterocycles. The first-order valence-electron chi connectivity index (χ1n) is 9.09. The molecule has 8 heteroatoms. The minimum Gasteiger partial charge on any atom is -0.426 e. The molecule has 3 atom stereocenters. The highest BCUT2D eigenvalue weighted by atomic mass is 32.2. The lowest BCUT2D eigenvalue weighted by Gasteiger charge is -2.38. The first-order valence-corrected chi connectivity index (χ1v) is 10.8. The molecule has 1 aromatic heterocycles. The molecule has 146 valence electrons. The van der Waals surface area contributed by atoms with Gasteiger partial charge in [0.1, 0.15) is 11.0 Å². The molecule has 2 aliphatic rings. The Morgan fingerprint density at radius 3 is 2.69 bits per heavy atom. The molecule has 3 aromatic rings. The molecule has 0 radical (unpaired) electrons. The van der Waals surface area contributed by atoms with E-state index in [1.807, 2.05) is 43.3 Å². The van der Waals surface area contributed by atoms with Crippen LogP contribution in [-0.4, -0.2) is 22.1 Å². The molecule has 0 bridgehead atoms. The average molecular weight is 425 g/mol. The molecule has 2 aromatic carbocycles. The molecule has 1 amide bonds. The quantitative estimate of drug-likeness (QED) is 0.485. The van der Waals surface area contributed by atoms with Crippen molar-refractivity contribution < 1.29 is 14.3 Å². The lowest BCUT2D eigenvalue weighted by Crippen LogP contribution is -2.46. The van der Waals surface area contributed by atoms with Crippen molar-refractivity contribution in [1.82, 2.24) is 4.98 Å². The van der Waals surface area contributed by atoms with E-state index in [0.717, 1.165) is 27.3 Å². The zero-order valence-electron chi connectivity index (χ0n) is 15.3. The molecule has 29 heavy (non-hydrogen) atoms. The van der Waals surface area contributed by atoms with Crippen LogP contribution in [0.4, 0.5) is 5.69 Å². The van der Waals surface area contributed by atoms with E-state index < -0.39 is 17.1 Å². The van der Waals surface area contributed by atoms with Crippen LogP contribution in [-0.2, 0) is 9.59 Å². The summed E-state index contributed by atoms with van der Waals surface area (Å²) >= 11 is 2.31. The number of amides is 1. The number of H-pyrrole nitrogens is 1. The summed E-state index contributed by atoms with van der Waals surface area (Å²) in [5, 5.41) is 2.86. The van der Waals surface area contributed by atoms with E-state index in [1.165, 1.54) is 11.8 Å². The normalized spacial score (nSPS) is 22.1. The van der Waals surface area contributed by atoms with Crippen LogP contribution in [0, 0.1) is 12.8 Å². The van der Waals surface area contributed by atoms with E-state index in [1.54, 1.807) is 12.1 Å². The summed E-state index contributed by atoms with van der Waals surface area (Å²) in [5.74, 6) is -1.35. The van der Waals surface area contributed by atoms with E-state index >= 15 is 0 Å². The summed E-state index contributed by atoms with van der Waals surface area (Å²) in [6.07, 6.45) is 0. The third-order valence-electron chi connectivity index (χ3n) is 5.25. The number of hydrogen-bond acceptors (Lipinski definition) is 6. The van der Waals surface area contributed by atoms with Crippen molar-refractivity contribution in [3.63, 3.8) is 0 Å². The molecule has 0 fully saturated rings. The predicted molar refractivity (Wildman–Crippen MR) is 112 cm³/mol. The van der Waals surface area contributed by atoms with Gasteiger partial charge in [0, 0.05) is 22.0 Å². The Bertz CT molecular complexity index is 1200. The van der Waals surface area contributed by atoms with Crippen molar-refractivity contribution in [2.75, 3.05) is 5.32 Å². The van der Waals surface area contributed by atoms with Gasteiger partial charge < -0.3 is 15.0 Å². The highest BCUT2D eigenvalue weighted by Crippen LogP contribution is 2.53. The van der Waals surface area contributed by atoms with Crippen LogP contribution in [0.15, 0.2) is 58.4 Å². The predicted octanol–water partition coefficient (Wildman–Crippen LogP) is 3.52. The van der Waals surface area contributed by atoms with Crippen LogP contribution < -0.4 is 14.9 Å². The summed E-state index contributed by atoms with van der Waals surface area (Å²) in [5.41, 5.74) is 2.45. The van der Waals surface area contributed by atoms with Crippen molar-refractivity contribution in [3.8, 4) is 5.75 Å². The van der Waals surface area contributed by atoms with Gasteiger partial charge >= 0.3 is 10.8 Å². The Balaban J connectivity index is 1.60. The van der Waals surface area contributed by atoms with Crippen molar-refractivity contribution in [3.05, 3.63) is 74.2 Å². The lowest BCUT2D eigenvalue weighted by atomic mass is 9.80. The molecule has 0 spiro atoms. The van der Waals surface area contributed by atoms with Crippen LogP contribution in [0.3, 0.4) is 0 Å². The summed E-state index contributed by atoms with van der Waals surface area (Å²) in [6.45, 7) is 1.91. The highest BCUT2D eigenvalue weighted by Gasteiger charge is 2.51. The van der Waals surface area contributed by atoms with Crippen molar-refractivity contribution in [2.24, 2.45) is 5.92 Å². The third kappa shape index (κ3) is 2.99. The summed E-state index contributed by atoms with van der Waals surface area (Å²) < 4.78 is 5.56. The largest absolute Gasteiger partial charge is 0.426 e. The van der Waals surface area contributed by atoms with E-state index in [2.05, 4.69) is 10.3 Å². The maximum Gasteiger partial charge on any atom is 0.317 e. The molecule has 0 saturated heterocycles. The van der Waals surface area contributed by atoms with Gasteiger partial charge in [0.25, 0.3) is 0 Å². The van der Waals surface area contributed by atoms with Gasteiger partial charge in [0.05, 0.1) is 10.9 Å². The Labute approximate surface area is 174 Å². The number of esters is 1. The topological polar surface area (TPSA) is 88.3 Å². The maximum atomic E-state index is 13.2. The van der Waals surface area contributed by atoms with Gasteiger partial charge in [-0.3, -0.25) is 14.4 Å². The molecule has 2 aliphatic heterocycles. The molecule has 0 unspecified atom stereocenters. The van der Waals surface area contributed by atoms with Gasteiger partial charge in [-0.15, -0.1) is 0 Å². The number of carbonyl (C=O) groups is 2. The minimum absolute atomic E-state index is 0.197. The fraction of sp³-hybridized carbons (Fsp3) is 0.190. The van der Waals surface area contributed by atoms with Crippen LogP contribution in [0.1, 0.15) is 21.9 Å². The number of fused-ring (bicyclic) bond motifs is 5. The Kier molecular flexibility index (Phi) is 4.33. The number of thioether (sulfide) groups is 1. The Morgan fingerprint density at radius 1 is 1.10 bits per heavy atom. The fourth-order valence-corrected chi connectivity index (χ4v) is 6.35. The molecule has 0 aliphatic carbocycles. The molecule has 0 saturated carbocycles. The number of para-hydroxylation sites is 2. The molecule has 5 rings (SSSR count). The van der Waals surface area contributed by atoms with Crippen LogP contribution in [0.25, 0.3) is 0 Å². The number of rotatable bonds is 2. The summed E-state index contributed by atoms with van der Waals surface area (Å²) in [6, 6.07) is 14.8. The highest BCUT2D eigenvalue weighted by molar-refractivity contribution is 8.00. The zero-order chi connectivity index (χ0) is 20.1. The number of ether oxygens (including phenoxy) is 1. The lowest BCUT2D eigenvalue weighted by molar-refractivity contribution is -0.142. The zero-order valence-corrected chi connectivity index (χ0v) is 16.9. The van der Waals surface area contributed by atoms with Crippen LogP contribution in [0.2, 0.25) is 0 Å². The number of benzene rings is 2. The SMILES string of the molecule is Cc1ccccc1NC(=O)[C@@H]1Sc2[nH]c(=O)sc2[C@@H]2c3ccccc3OC(=O)[C@@H]21. The number of aryl methyl sites for hydroxylation is 1. The van der Waals surface area contributed by atoms with Gasteiger partial charge in [-0.25, -0.2) is 0 Å². The molecule has 2 N–H and O–H groups in total. The number of nitrogens with one attached hydrogen (secondary N) is 2.